The third-order valence-electron chi connectivity index (χ3n) is 5.09. The summed E-state index contributed by atoms with van der Waals surface area (Å²) in [5, 5.41) is 0. The first-order valence-electron chi connectivity index (χ1n) is 9.63. The van der Waals surface area contributed by atoms with Gasteiger partial charge in [0.1, 0.15) is 18.5 Å². The fraction of sp³-hybridized carbons (Fsp3) is 0.500. The number of piperazine rings is 1. The number of benzene rings is 1. The fourth-order valence-electron chi connectivity index (χ4n) is 3.48. The first-order valence-corrected chi connectivity index (χ1v) is 9.63. The van der Waals surface area contributed by atoms with Crippen molar-refractivity contribution >= 4 is 11.6 Å². The Bertz CT molecular complexity index is 757. The average Bonchev–Trinajstić information content (AvgIpc) is 3.39. The van der Waals surface area contributed by atoms with E-state index in [4.69, 9.17) is 14.2 Å². The highest BCUT2D eigenvalue weighted by Gasteiger charge is 2.26. The lowest BCUT2D eigenvalue weighted by atomic mass is 10.2. The van der Waals surface area contributed by atoms with E-state index in [9.17, 15) is 4.79 Å². The molecule has 2 unspecified atom stereocenters. The summed E-state index contributed by atoms with van der Waals surface area (Å²) >= 11 is 0. The third-order valence-corrected chi connectivity index (χ3v) is 5.09. The Morgan fingerprint density at radius 1 is 1.21 bits per heavy atom. The predicted octanol–water partition coefficient (Wildman–Crippen LogP) is 1.37. The van der Waals surface area contributed by atoms with Gasteiger partial charge in [-0.05, 0) is 24.3 Å². The number of ether oxygens (including phenoxy) is 3. The lowest BCUT2D eigenvalue weighted by Crippen LogP contribution is -2.48. The second kappa shape index (κ2) is 8.62. The van der Waals surface area contributed by atoms with Crippen molar-refractivity contribution in [1.29, 1.82) is 0 Å². The van der Waals surface area contributed by atoms with Crippen molar-refractivity contribution in [3.63, 3.8) is 0 Å². The number of carbonyl (C=O) groups is 1. The zero-order valence-electron chi connectivity index (χ0n) is 16.1. The van der Waals surface area contributed by atoms with Crippen LogP contribution in [0.4, 0.5) is 5.69 Å². The topological polar surface area (TPSA) is 69.1 Å². The summed E-state index contributed by atoms with van der Waals surface area (Å²) in [4.78, 5) is 19.6. The smallest absolute Gasteiger partial charge is 0.219 e. The molecular formula is C20H26N4O4. The van der Waals surface area contributed by atoms with Gasteiger partial charge in [0.15, 0.2) is 6.29 Å². The highest BCUT2D eigenvalue weighted by atomic mass is 16.7. The normalized spacial score (nSPS) is 22.5. The second-order valence-corrected chi connectivity index (χ2v) is 7.08. The van der Waals surface area contributed by atoms with Crippen molar-refractivity contribution in [3.05, 3.63) is 43.0 Å². The summed E-state index contributed by atoms with van der Waals surface area (Å²) in [5.74, 6) is 0.960. The van der Waals surface area contributed by atoms with Crippen LogP contribution in [0.1, 0.15) is 6.92 Å². The van der Waals surface area contributed by atoms with Gasteiger partial charge in [-0.1, -0.05) is 0 Å². The van der Waals surface area contributed by atoms with E-state index in [0.717, 1.165) is 37.6 Å². The summed E-state index contributed by atoms with van der Waals surface area (Å²) in [6.07, 6.45) is 5.03. The molecule has 1 amide bonds. The molecular weight excluding hydrogens is 360 g/mol. The van der Waals surface area contributed by atoms with Crippen molar-refractivity contribution in [2.75, 3.05) is 44.3 Å². The molecule has 2 atom stereocenters. The van der Waals surface area contributed by atoms with E-state index < -0.39 is 0 Å². The van der Waals surface area contributed by atoms with Gasteiger partial charge in [0.05, 0.1) is 19.5 Å². The molecule has 8 nitrogen and oxygen atoms in total. The van der Waals surface area contributed by atoms with Crippen molar-refractivity contribution < 1.29 is 19.0 Å². The molecule has 2 aromatic rings. The lowest BCUT2D eigenvalue weighted by molar-refractivity contribution is -0.129. The number of nitrogens with zero attached hydrogens (tertiary/aromatic N) is 4. The van der Waals surface area contributed by atoms with Gasteiger partial charge in [-0.25, -0.2) is 4.98 Å². The molecule has 28 heavy (non-hydrogen) atoms. The van der Waals surface area contributed by atoms with Gasteiger partial charge in [0.25, 0.3) is 0 Å². The van der Waals surface area contributed by atoms with Crippen LogP contribution >= 0.6 is 0 Å². The number of hydrogen-bond acceptors (Lipinski definition) is 6. The molecule has 0 spiro atoms. The van der Waals surface area contributed by atoms with Gasteiger partial charge in [-0.15, -0.1) is 0 Å². The Kier molecular flexibility index (Phi) is 5.78. The largest absolute Gasteiger partial charge is 0.491 e. The van der Waals surface area contributed by atoms with Crippen LogP contribution in [-0.2, 0) is 20.8 Å². The summed E-state index contributed by atoms with van der Waals surface area (Å²) in [7, 11) is 0. The summed E-state index contributed by atoms with van der Waals surface area (Å²) in [5.41, 5.74) is 1.15. The van der Waals surface area contributed by atoms with Gasteiger partial charge < -0.3 is 28.6 Å². The van der Waals surface area contributed by atoms with Gasteiger partial charge in [-0.2, -0.15) is 0 Å². The predicted molar refractivity (Wildman–Crippen MR) is 103 cm³/mol. The number of aromatic nitrogens is 2. The molecule has 8 heteroatoms. The third kappa shape index (κ3) is 4.63. The summed E-state index contributed by atoms with van der Waals surface area (Å²) in [6, 6.07) is 8.08. The second-order valence-electron chi connectivity index (χ2n) is 7.08. The molecule has 0 bridgehead atoms. The molecule has 0 aliphatic carbocycles. The van der Waals surface area contributed by atoms with E-state index in [1.165, 1.54) is 0 Å². The standard InChI is InChI=1S/C20H26N4O4/c1-16(25)23-8-10-24(11-9-23)17-2-4-18(5-3-17)26-13-19-14-27-20(28-19)12-22-7-6-21-15-22/h2-7,15,19-20H,8-14H2,1H3. The minimum atomic E-state index is -0.265. The maximum Gasteiger partial charge on any atom is 0.219 e. The van der Waals surface area contributed by atoms with Crippen LogP contribution < -0.4 is 9.64 Å². The molecule has 0 radical (unpaired) electrons. The number of imidazole rings is 1. The molecule has 2 saturated heterocycles. The number of rotatable bonds is 6. The van der Waals surface area contributed by atoms with E-state index in [1.54, 1.807) is 19.4 Å². The highest BCUT2D eigenvalue weighted by molar-refractivity contribution is 5.73. The Morgan fingerprint density at radius 3 is 2.68 bits per heavy atom. The molecule has 2 aliphatic rings. The van der Waals surface area contributed by atoms with Crippen molar-refractivity contribution in [2.45, 2.75) is 25.9 Å². The van der Waals surface area contributed by atoms with Gasteiger partial charge in [0.2, 0.25) is 5.91 Å². The van der Waals surface area contributed by atoms with Crippen LogP contribution in [0.15, 0.2) is 43.0 Å². The number of hydrogen-bond donors (Lipinski definition) is 0. The first-order chi connectivity index (χ1) is 13.7. The van der Waals surface area contributed by atoms with Gasteiger partial charge >= 0.3 is 0 Å². The van der Waals surface area contributed by atoms with E-state index >= 15 is 0 Å². The molecule has 1 aromatic heterocycles. The van der Waals surface area contributed by atoms with Crippen molar-refractivity contribution in [1.82, 2.24) is 14.5 Å². The van der Waals surface area contributed by atoms with Crippen molar-refractivity contribution in [2.24, 2.45) is 0 Å². The summed E-state index contributed by atoms with van der Waals surface area (Å²) < 4.78 is 19.3. The molecule has 2 fully saturated rings. The maximum absolute atomic E-state index is 11.4. The molecule has 0 saturated carbocycles. The van der Waals surface area contributed by atoms with Crippen LogP contribution in [0.2, 0.25) is 0 Å². The van der Waals surface area contributed by atoms with E-state index in [-0.39, 0.29) is 18.3 Å². The minimum absolute atomic E-state index is 0.0761. The van der Waals surface area contributed by atoms with E-state index in [1.807, 2.05) is 27.8 Å². The number of amides is 1. The molecule has 4 rings (SSSR count). The van der Waals surface area contributed by atoms with Crippen LogP contribution in [0, 0.1) is 0 Å². The van der Waals surface area contributed by atoms with E-state index in [0.29, 0.717) is 19.8 Å². The monoisotopic (exact) mass is 386 g/mol. The number of carbonyl (C=O) groups excluding carboxylic acids is 1. The highest BCUT2D eigenvalue weighted by Crippen LogP contribution is 2.22. The molecule has 150 valence electrons. The SMILES string of the molecule is CC(=O)N1CCN(c2ccc(OCC3COC(Cn4ccnc4)O3)cc2)CC1. The molecule has 0 N–H and O–H groups in total. The maximum atomic E-state index is 11.4. The number of anilines is 1. The van der Waals surface area contributed by atoms with Crippen molar-refractivity contribution in [3.8, 4) is 5.75 Å². The molecule has 2 aliphatic heterocycles. The first kappa shape index (κ1) is 18.8. The molecule has 3 heterocycles. The fourth-order valence-corrected chi connectivity index (χ4v) is 3.48. The Balaban J connectivity index is 1.21. The Labute approximate surface area is 164 Å². The minimum Gasteiger partial charge on any atom is -0.491 e. The average molecular weight is 386 g/mol. The zero-order chi connectivity index (χ0) is 19.3. The van der Waals surface area contributed by atoms with Crippen LogP contribution in [-0.4, -0.2) is 72.1 Å². The van der Waals surface area contributed by atoms with Gasteiger partial charge in [0, 0.05) is 51.2 Å². The molecule has 1 aromatic carbocycles. The van der Waals surface area contributed by atoms with Gasteiger partial charge in [-0.3, -0.25) is 4.79 Å². The van der Waals surface area contributed by atoms with Crippen LogP contribution in [0.3, 0.4) is 0 Å². The zero-order valence-corrected chi connectivity index (χ0v) is 16.1. The summed E-state index contributed by atoms with van der Waals surface area (Å²) in [6.45, 7) is 6.48. The van der Waals surface area contributed by atoms with Crippen LogP contribution in [0.25, 0.3) is 0 Å². The van der Waals surface area contributed by atoms with E-state index in [2.05, 4.69) is 22.0 Å². The quantitative estimate of drug-likeness (QED) is 0.747. The Morgan fingerprint density at radius 2 is 2.00 bits per heavy atom. The van der Waals surface area contributed by atoms with Crippen LogP contribution in [0.5, 0.6) is 5.75 Å². The Hall–Kier alpha value is -2.58. The lowest BCUT2D eigenvalue weighted by Gasteiger charge is -2.35.